The maximum absolute atomic E-state index is 12.9. The Morgan fingerprint density at radius 2 is 0.482 bits per heavy atom. The maximum atomic E-state index is 12.9. The monoisotopic (exact) mass is 1150 g/mol. The number of hydrogen-bond donors (Lipinski definition) is 0. The molecular formula is C77H130O6. The lowest BCUT2D eigenvalue weighted by Gasteiger charge is -2.18. The molecule has 83 heavy (non-hydrogen) atoms. The normalized spacial score (nSPS) is 12.9. The summed E-state index contributed by atoms with van der Waals surface area (Å²) in [6, 6.07) is 0. The molecule has 0 aliphatic heterocycles. The first-order valence-electron chi connectivity index (χ1n) is 35.0. The van der Waals surface area contributed by atoms with Crippen LogP contribution in [0, 0.1) is 0 Å². The summed E-state index contributed by atoms with van der Waals surface area (Å²) in [5.41, 5.74) is 0. The van der Waals surface area contributed by atoms with Crippen molar-refractivity contribution in [1.29, 1.82) is 0 Å². The van der Waals surface area contributed by atoms with Gasteiger partial charge in [0.15, 0.2) is 6.10 Å². The standard InChI is InChI=1S/C77H130O6/c1-4-7-10-13-16-19-22-24-26-28-30-32-34-36-37-38-39-41-42-44-46-48-50-52-55-58-61-64-67-70-76(79)82-73-74(72-81-75(78)69-66-63-60-57-54-21-18-15-12-9-6-3)83-77(80)71-68-65-62-59-56-53-51-49-47-45-43-40-35-33-31-29-27-25-23-20-17-14-11-8-5-2/h7,10,16,19,24,26,29-32,36-37,39,41,44,46,50,52,58,61,74H,4-6,8-9,11-15,17-18,20-23,25,27-28,33-35,38,40,42-43,45,47-49,51,53-57,59-60,62-73H2,1-3H3/b10-7-,19-16-,26-24-,31-29-,32-30-,37-36-,41-39-,46-44-,52-50-,61-58-. The van der Waals surface area contributed by atoms with Gasteiger partial charge in [0, 0.05) is 19.3 Å². The Balaban J connectivity index is 4.35. The predicted molar refractivity (Wildman–Crippen MR) is 362 cm³/mol. The third-order valence-electron chi connectivity index (χ3n) is 15.0. The lowest BCUT2D eigenvalue weighted by molar-refractivity contribution is -0.167. The van der Waals surface area contributed by atoms with E-state index < -0.39 is 6.10 Å². The van der Waals surface area contributed by atoms with Gasteiger partial charge in [-0.3, -0.25) is 14.4 Å². The summed E-state index contributed by atoms with van der Waals surface area (Å²) in [5.74, 6) is -0.948. The highest BCUT2D eigenvalue weighted by Crippen LogP contribution is 2.17. The molecule has 0 amide bonds. The van der Waals surface area contributed by atoms with Gasteiger partial charge in [-0.15, -0.1) is 0 Å². The largest absolute Gasteiger partial charge is 0.462 e. The number of hydrogen-bond acceptors (Lipinski definition) is 6. The average molecular weight is 1150 g/mol. The summed E-state index contributed by atoms with van der Waals surface area (Å²) >= 11 is 0. The van der Waals surface area contributed by atoms with Crippen LogP contribution >= 0.6 is 0 Å². The molecule has 0 saturated heterocycles. The van der Waals surface area contributed by atoms with Crippen LogP contribution in [0.4, 0.5) is 0 Å². The second-order valence-electron chi connectivity index (χ2n) is 23.1. The molecule has 0 aliphatic carbocycles. The van der Waals surface area contributed by atoms with E-state index in [1.165, 1.54) is 180 Å². The Labute approximate surface area is 513 Å². The van der Waals surface area contributed by atoms with Crippen molar-refractivity contribution in [2.24, 2.45) is 0 Å². The zero-order chi connectivity index (χ0) is 59.9. The van der Waals surface area contributed by atoms with Crippen LogP contribution in [0.15, 0.2) is 122 Å². The minimum absolute atomic E-state index is 0.0948. The van der Waals surface area contributed by atoms with Crippen LogP contribution in [0.25, 0.3) is 0 Å². The van der Waals surface area contributed by atoms with Gasteiger partial charge in [0.25, 0.3) is 0 Å². The summed E-state index contributed by atoms with van der Waals surface area (Å²) in [6.07, 6.45) is 98.1. The summed E-state index contributed by atoms with van der Waals surface area (Å²) in [7, 11) is 0. The number of rotatable bonds is 63. The van der Waals surface area contributed by atoms with Gasteiger partial charge in [0.2, 0.25) is 0 Å². The van der Waals surface area contributed by atoms with Crippen LogP contribution in [0.5, 0.6) is 0 Å². The summed E-state index contributed by atoms with van der Waals surface area (Å²) < 4.78 is 16.9. The SMILES string of the molecule is CC/C=C\C/C=C\C/C=C\C/C=C\C/C=C\C/C=C\C/C=C\C/C=C\C/C=C\CCCC(=O)OCC(COC(=O)CCCCCCCCCCCCC)OC(=O)CCCCCCCCCCCCCCC/C=C\CCCCCCCCCC. The number of ether oxygens (including phenoxy) is 3. The highest BCUT2D eigenvalue weighted by atomic mass is 16.6. The van der Waals surface area contributed by atoms with Gasteiger partial charge in [-0.25, -0.2) is 0 Å². The quantitative estimate of drug-likeness (QED) is 0.0261. The van der Waals surface area contributed by atoms with Gasteiger partial charge in [-0.2, -0.15) is 0 Å². The number of carbonyl (C=O) groups excluding carboxylic acids is 3. The molecule has 0 N–H and O–H groups in total. The number of esters is 3. The molecule has 0 aliphatic rings. The second kappa shape index (κ2) is 70.3. The molecule has 0 aromatic rings. The van der Waals surface area contributed by atoms with Gasteiger partial charge in [0.1, 0.15) is 13.2 Å². The molecule has 0 fully saturated rings. The minimum atomic E-state index is -0.803. The Bertz CT molecular complexity index is 1700. The Morgan fingerprint density at radius 3 is 0.795 bits per heavy atom. The zero-order valence-corrected chi connectivity index (χ0v) is 54.4. The summed E-state index contributed by atoms with van der Waals surface area (Å²) in [6.45, 7) is 6.50. The summed E-state index contributed by atoms with van der Waals surface area (Å²) in [4.78, 5) is 38.3. The van der Waals surface area contributed by atoms with Crippen molar-refractivity contribution in [3.8, 4) is 0 Å². The molecule has 0 aromatic heterocycles. The first-order valence-corrected chi connectivity index (χ1v) is 35.0. The Kier molecular flexibility index (Phi) is 66.7. The molecule has 0 rings (SSSR count). The van der Waals surface area contributed by atoms with Crippen LogP contribution in [0.1, 0.15) is 329 Å². The second-order valence-corrected chi connectivity index (χ2v) is 23.1. The van der Waals surface area contributed by atoms with Crippen LogP contribution in [0.3, 0.4) is 0 Å². The van der Waals surface area contributed by atoms with E-state index in [4.69, 9.17) is 14.2 Å². The molecule has 0 radical (unpaired) electrons. The number of allylic oxidation sites excluding steroid dienone is 20. The van der Waals surface area contributed by atoms with Crippen molar-refractivity contribution in [1.82, 2.24) is 0 Å². The van der Waals surface area contributed by atoms with Gasteiger partial charge in [-0.1, -0.05) is 322 Å². The van der Waals surface area contributed by atoms with Crippen molar-refractivity contribution >= 4 is 17.9 Å². The minimum Gasteiger partial charge on any atom is -0.462 e. The Morgan fingerprint density at radius 1 is 0.253 bits per heavy atom. The first kappa shape index (κ1) is 78.8. The van der Waals surface area contributed by atoms with Gasteiger partial charge >= 0.3 is 17.9 Å². The molecule has 0 aromatic carbocycles. The average Bonchev–Trinajstić information content (AvgIpc) is 3.48. The molecule has 1 atom stereocenters. The fourth-order valence-corrected chi connectivity index (χ4v) is 9.74. The van der Waals surface area contributed by atoms with Crippen LogP contribution in [-0.2, 0) is 28.6 Å². The third-order valence-corrected chi connectivity index (χ3v) is 15.0. The number of unbranched alkanes of at least 4 members (excludes halogenated alkanes) is 32. The first-order chi connectivity index (χ1) is 41.0. The molecule has 474 valence electrons. The topological polar surface area (TPSA) is 78.9 Å². The molecule has 6 heteroatoms. The maximum Gasteiger partial charge on any atom is 0.306 e. The highest BCUT2D eigenvalue weighted by molar-refractivity contribution is 5.71. The predicted octanol–water partition coefficient (Wildman–Crippen LogP) is 24.3. The zero-order valence-electron chi connectivity index (χ0n) is 54.4. The van der Waals surface area contributed by atoms with Crippen molar-refractivity contribution in [2.45, 2.75) is 335 Å². The smallest absolute Gasteiger partial charge is 0.306 e. The lowest BCUT2D eigenvalue weighted by Crippen LogP contribution is -2.30. The van der Waals surface area contributed by atoms with Gasteiger partial charge in [0.05, 0.1) is 0 Å². The van der Waals surface area contributed by atoms with E-state index >= 15 is 0 Å². The molecule has 0 spiro atoms. The molecule has 0 saturated carbocycles. The van der Waals surface area contributed by atoms with E-state index in [1.54, 1.807) is 0 Å². The van der Waals surface area contributed by atoms with Crippen molar-refractivity contribution < 1.29 is 28.6 Å². The van der Waals surface area contributed by atoms with E-state index in [1.807, 2.05) is 0 Å². The van der Waals surface area contributed by atoms with E-state index in [2.05, 4.69) is 142 Å². The van der Waals surface area contributed by atoms with E-state index in [0.717, 1.165) is 103 Å². The van der Waals surface area contributed by atoms with E-state index in [-0.39, 0.29) is 37.5 Å². The molecule has 0 heterocycles. The summed E-state index contributed by atoms with van der Waals surface area (Å²) in [5, 5.41) is 0. The third kappa shape index (κ3) is 68.5. The van der Waals surface area contributed by atoms with Crippen molar-refractivity contribution in [2.75, 3.05) is 13.2 Å². The number of carbonyl (C=O) groups is 3. The Hall–Kier alpha value is -4.19. The lowest BCUT2D eigenvalue weighted by atomic mass is 10.0. The highest BCUT2D eigenvalue weighted by Gasteiger charge is 2.19. The fourth-order valence-electron chi connectivity index (χ4n) is 9.74. The fraction of sp³-hybridized carbons (Fsp3) is 0.701. The molecular weight excluding hydrogens is 1020 g/mol. The molecule has 0 bridgehead atoms. The van der Waals surface area contributed by atoms with Crippen LogP contribution in [0.2, 0.25) is 0 Å². The van der Waals surface area contributed by atoms with Crippen LogP contribution < -0.4 is 0 Å². The molecule has 1 unspecified atom stereocenters. The van der Waals surface area contributed by atoms with Crippen molar-refractivity contribution in [3.63, 3.8) is 0 Å². The van der Waals surface area contributed by atoms with Crippen LogP contribution in [-0.4, -0.2) is 37.2 Å². The van der Waals surface area contributed by atoms with E-state index in [9.17, 15) is 14.4 Å². The molecule has 6 nitrogen and oxygen atoms in total. The van der Waals surface area contributed by atoms with E-state index in [0.29, 0.717) is 19.3 Å². The van der Waals surface area contributed by atoms with Gasteiger partial charge in [-0.05, 0) is 109 Å². The van der Waals surface area contributed by atoms with Gasteiger partial charge < -0.3 is 14.2 Å². The van der Waals surface area contributed by atoms with Crippen molar-refractivity contribution in [3.05, 3.63) is 122 Å².